The maximum atomic E-state index is 12.9. The van der Waals surface area contributed by atoms with Gasteiger partial charge in [0.15, 0.2) is 0 Å². The average molecular weight is 437 g/mol. The Labute approximate surface area is 181 Å². The highest BCUT2D eigenvalue weighted by atomic mass is 35.5. The van der Waals surface area contributed by atoms with Crippen LogP contribution in [0.15, 0.2) is 59.0 Å². The molecule has 1 aliphatic rings. The molecule has 0 aliphatic heterocycles. The highest BCUT2D eigenvalue weighted by Crippen LogP contribution is 2.30. The monoisotopic (exact) mass is 436 g/mol. The topological polar surface area (TPSA) is 72.1 Å². The van der Waals surface area contributed by atoms with Gasteiger partial charge in [-0.05, 0) is 43.2 Å². The molecule has 0 spiro atoms. The minimum absolute atomic E-state index is 0.0887. The van der Waals surface area contributed by atoms with Gasteiger partial charge in [0.05, 0.1) is 27.3 Å². The van der Waals surface area contributed by atoms with Gasteiger partial charge in [0, 0.05) is 12.1 Å². The van der Waals surface area contributed by atoms with Crippen molar-refractivity contribution in [2.24, 2.45) is 0 Å². The Morgan fingerprint density at radius 3 is 2.77 bits per heavy atom. The zero-order valence-corrected chi connectivity index (χ0v) is 17.4. The van der Waals surface area contributed by atoms with Gasteiger partial charge >= 0.3 is 0 Å². The number of thiazole rings is 1. The van der Waals surface area contributed by atoms with Crippen LogP contribution in [0.3, 0.4) is 0 Å². The third-order valence-electron chi connectivity index (χ3n) is 4.83. The van der Waals surface area contributed by atoms with Gasteiger partial charge in [0.25, 0.3) is 0 Å². The highest BCUT2D eigenvalue weighted by Gasteiger charge is 2.33. The molecule has 150 valence electrons. The van der Waals surface area contributed by atoms with Crippen LogP contribution < -0.4 is 0 Å². The quantitative estimate of drug-likeness (QED) is 0.388. The molecular weight excluding hydrogens is 420 g/mol. The van der Waals surface area contributed by atoms with Crippen LogP contribution in [0.2, 0.25) is 5.02 Å². The predicted molar refractivity (Wildman–Crippen MR) is 117 cm³/mol. The van der Waals surface area contributed by atoms with Crippen LogP contribution in [0.25, 0.3) is 27.7 Å². The fourth-order valence-corrected chi connectivity index (χ4v) is 4.27. The van der Waals surface area contributed by atoms with Crippen LogP contribution in [-0.4, -0.2) is 32.0 Å². The Kier molecular flexibility index (Phi) is 5.06. The maximum Gasteiger partial charge on any atom is 0.249 e. The van der Waals surface area contributed by atoms with Crippen molar-refractivity contribution < 1.29 is 9.21 Å². The summed E-state index contributed by atoms with van der Waals surface area (Å²) in [6.07, 6.45) is 5.30. The lowest BCUT2D eigenvalue weighted by atomic mass is 10.2. The Bertz CT molecular complexity index is 1210. The number of nitrogens with zero attached hydrogens (tertiary/aromatic N) is 4. The van der Waals surface area contributed by atoms with E-state index in [2.05, 4.69) is 15.2 Å². The van der Waals surface area contributed by atoms with E-state index in [9.17, 15) is 4.79 Å². The maximum absolute atomic E-state index is 12.9. The molecule has 5 rings (SSSR count). The first-order valence-corrected chi connectivity index (χ1v) is 10.8. The minimum Gasteiger partial charge on any atom is -0.419 e. The van der Waals surface area contributed by atoms with Gasteiger partial charge in [-0.15, -0.1) is 21.5 Å². The number of carbonyl (C=O) groups excluding carboxylic acids is 1. The molecule has 0 atom stereocenters. The van der Waals surface area contributed by atoms with Crippen molar-refractivity contribution in [3.05, 3.63) is 70.5 Å². The lowest BCUT2D eigenvalue weighted by molar-refractivity contribution is -0.127. The lowest BCUT2D eigenvalue weighted by Gasteiger charge is -2.18. The molecule has 1 amide bonds. The second-order valence-electron chi connectivity index (χ2n) is 7.03. The highest BCUT2D eigenvalue weighted by molar-refractivity contribution is 7.19. The normalized spacial score (nSPS) is 13.9. The van der Waals surface area contributed by atoms with E-state index in [4.69, 9.17) is 16.0 Å². The summed E-state index contributed by atoms with van der Waals surface area (Å²) < 4.78 is 6.88. The van der Waals surface area contributed by atoms with Crippen LogP contribution >= 0.6 is 22.9 Å². The summed E-state index contributed by atoms with van der Waals surface area (Å²) in [6, 6.07) is 15.4. The summed E-state index contributed by atoms with van der Waals surface area (Å²) in [5.41, 5.74) is 1.62. The first kappa shape index (κ1) is 19.0. The molecule has 2 aromatic carbocycles. The van der Waals surface area contributed by atoms with E-state index in [-0.39, 0.29) is 18.5 Å². The largest absolute Gasteiger partial charge is 0.419 e. The fraction of sp³-hybridized carbons (Fsp3) is 0.182. The SMILES string of the molecule is O=C(/C=C/c1nc2ccccc2s1)N(Cc1nnc(-c2ccccc2Cl)o1)C1CC1. The number of para-hydroxylation sites is 1. The molecule has 4 aromatic rings. The molecule has 0 bridgehead atoms. The second-order valence-corrected chi connectivity index (χ2v) is 8.50. The molecule has 1 saturated carbocycles. The Balaban J connectivity index is 1.32. The molecule has 30 heavy (non-hydrogen) atoms. The van der Waals surface area contributed by atoms with Gasteiger partial charge in [-0.1, -0.05) is 35.9 Å². The summed E-state index contributed by atoms with van der Waals surface area (Å²) in [7, 11) is 0. The van der Waals surface area contributed by atoms with Crippen LogP contribution in [0, 0.1) is 0 Å². The predicted octanol–water partition coefficient (Wildman–Crippen LogP) is 5.20. The number of benzene rings is 2. The molecular formula is C22H17ClN4O2S. The number of fused-ring (bicyclic) bond motifs is 1. The molecule has 1 aliphatic carbocycles. The average Bonchev–Trinajstić information content (AvgIpc) is 3.34. The fourth-order valence-electron chi connectivity index (χ4n) is 3.18. The molecule has 1 fully saturated rings. The van der Waals surface area contributed by atoms with Crippen LogP contribution in [-0.2, 0) is 11.3 Å². The number of halogens is 1. The van der Waals surface area contributed by atoms with Gasteiger partial charge < -0.3 is 9.32 Å². The van der Waals surface area contributed by atoms with E-state index in [1.807, 2.05) is 42.5 Å². The number of amides is 1. The minimum atomic E-state index is -0.0887. The molecule has 0 radical (unpaired) electrons. The van der Waals surface area contributed by atoms with E-state index in [1.165, 1.54) is 0 Å². The van der Waals surface area contributed by atoms with E-state index < -0.39 is 0 Å². The summed E-state index contributed by atoms with van der Waals surface area (Å²) in [6.45, 7) is 0.269. The van der Waals surface area contributed by atoms with Crippen LogP contribution in [0.5, 0.6) is 0 Å². The third kappa shape index (κ3) is 3.99. The lowest BCUT2D eigenvalue weighted by Crippen LogP contribution is -2.31. The van der Waals surface area contributed by atoms with Gasteiger partial charge in [0.1, 0.15) is 5.01 Å². The zero-order valence-electron chi connectivity index (χ0n) is 15.9. The van der Waals surface area contributed by atoms with Crippen molar-refractivity contribution in [3.63, 3.8) is 0 Å². The third-order valence-corrected chi connectivity index (χ3v) is 6.16. The van der Waals surface area contributed by atoms with Crippen molar-refractivity contribution >= 4 is 45.1 Å². The molecule has 0 N–H and O–H groups in total. The first-order chi connectivity index (χ1) is 14.7. The van der Waals surface area contributed by atoms with E-state index in [1.54, 1.807) is 34.5 Å². The van der Waals surface area contributed by atoms with Crippen molar-refractivity contribution in [2.45, 2.75) is 25.4 Å². The van der Waals surface area contributed by atoms with E-state index >= 15 is 0 Å². The first-order valence-electron chi connectivity index (χ1n) is 9.59. The number of hydrogen-bond donors (Lipinski definition) is 0. The molecule has 2 heterocycles. The van der Waals surface area contributed by atoms with Crippen molar-refractivity contribution in [2.75, 3.05) is 0 Å². The smallest absolute Gasteiger partial charge is 0.249 e. The molecule has 0 saturated heterocycles. The second kappa shape index (κ2) is 8.01. The Morgan fingerprint density at radius 1 is 1.17 bits per heavy atom. The molecule has 0 unspecified atom stereocenters. The Hall–Kier alpha value is -3.03. The van der Waals surface area contributed by atoms with E-state index in [0.29, 0.717) is 22.4 Å². The molecule has 8 heteroatoms. The van der Waals surface area contributed by atoms with Gasteiger partial charge in [-0.25, -0.2) is 4.98 Å². The summed E-state index contributed by atoms with van der Waals surface area (Å²) in [4.78, 5) is 19.2. The number of hydrogen-bond acceptors (Lipinski definition) is 6. The van der Waals surface area contributed by atoms with Gasteiger partial charge in [0.2, 0.25) is 17.7 Å². The molecule has 2 aromatic heterocycles. The van der Waals surface area contributed by atoms with Crippen molar-refractivity contribution in [1.29, 1.82) is 0 Å². The van der Waals surface area contributed by atoms with Crippen LogP contribution in [0.1, 0.15) is 23.7 Å². The van der Waals surface area contributed by atoms with E-state index in [0.717, 1.165) is 28.1 Å². The van der Waals surface area contributed by atoms with Crippen molar-refractivity contribution in [3.8, 4) is 11.5 Å². The Morgan fingerprint density at radius 2 is 1.97 bits per heavy atom. The van der Waals surface area contributed by atoms with Gasteiger partial charge in [-0.3, -0.25) is 4.79 Å². The zero-order chi connectivity index (χ0) is 20.5. The summed E-state index contributed by atoms with van der Waals surface area (Å²) in [5, 5.41) is 9.55. The standard InChI is InChI=1S/C22H17ClN4O2S/c23-16-6-2-1-5-15(16)22-26-25-19(29-22)13-27(14-9-10-14)21(28)12-11-20-24-17-7-3-4-8-18(17)30-20/h1-8,11-12,14H,9-10,13H2/b12-11+. The number of carbonyl (C=O) groups is 1. The van der Waals surface area contributed by atoms with Crippen molar-refractivity contribution in [1.82, 2.24) is 20.1 Å². The summed E-state index contributed by atoms with van der Waals surface area (Å²) in [5.74, 6) is 0.650. The van der Waals surface area contributed by atoms with Gasteiger partial charge in [-0.2, -0.15) is 0 Å². The summed E-state index contributed by atoms with van der Waals surface area (Å²) >= 11 is 7.77. The van der Waals surface area contributed by atoms with Crippen LogP contribution in [0.4, 0.5) is 0 Å². The molecule has 6 nitrogen and oxygen atoms in total. The number of rotatable bonds is 6. The number of aromatic nitrogens is 3.